The number of hydrogen-bond acceptors (Lipinski definition) is 4. The van der Waals surface area contributed by atoms with Gasteiger partial charge >= 0.3 is 6.03 Å². The zero-order chi connectivity index (χ0) is 18.9. The Kier molecular flexibility index (Phi) is 4.34. The lowest BCUT2D eigenvalue weighted by Gasteiger charge is -2.22. The molecule has 1 aliphatic heterocycles. The molecule has 0 aliphatic carbocycles. The molecular formula is C19H16FN3O3. The monoisotopic (exact) mass is 353 g/mol. The Bertz CT molecular complexity index is 921. The van der Waals surface area contributed by atoms with Gasteiger partial charge in [-0.25, -0.2) is 9.18 Å². The lowest BCUT2D eigenvalue weighted by molar-refractivity contribution is -0.131. The molecule has 26 heavy (non-hydrogen) atoms. The van der Waals surface area contributed by atoms with Crippen molar-refractivity contribution in [1.29, 1.82) is 5.26 Å². The molecule has 0 aromatic heterocycles. The summed E-state index contributed by atoms with van der Waals surface area (Å²) in [7, 11) is 1.43. The van der Waals surface area contributed by atoms with E-state index in [4.69, 9.17) is 10.00 Å². The maximum atomic E-state index is 13.6. The molecule has 3 amide bonds. The van der Waals surface area contributed by atoms with Crippen LogP contribution in [-0.4, -0.2) is 23.9 Å². The van der Waals surface area contributed by atoms with Crippen LogP contribution < -0.4 is 10.1 Å². The topological polar surface area (TPSA) is 82.4 Å². The minimum Gasteiger partial charge on any atom is -0.496 e. The zero-order valence-corrected chi connectivity index (χ0v) is 14.2. The van der Waals surface area contributed by atoms with Crippen LogP contribution in [0.3, 0.4) is 0 Å². The molecule has 2 aromatic rings. The Morgan fingerprint density at radius 2 is 1.92 bits per heavy atom. The summed E-state index contributed by atoms with van der Waals surface area (Å²) in [5.41, 5.74) is 0.144. The van der Waals surface area contributed by atoms with Gasteiger partial charge in [-0.1, -0.05) is 12.1 Å². The normalized spacial score (nSPS) is 19.2. The van der Waals surface area contributed by atoms with Gasteiger partial charge in [0.15, 0.2) is 0 Å². The van der Waals surface area contributed by atoms with E-state index < -0.39 is 23.3 Å². The van der Waals surface area contributed by atoms with Crippen molar-refractivity contribution in [1.82, 2.24) is 10.2 Å². The lowest BCUT2D eigenvalue weighted by Crippen LogP contribution is -2.40. The van der Waals surface area contributed by atoms with E-state index in [1.54, 1.807) is 31.2 Å². The number of nitrogens with one attached hydrogen (secondary N) is 1. The number of nitrogens with zero attached hydrogens (tertiary/aromatic N) is 2. The third-order valence-corrected chi connectivity index (χ3v) is 4.44. The second kappa shape index (κ2) is 6.48. The molecule has 3 rings (SSSR count). The highest BCUT2D eigenvalue weighted by Crippen LogP contribution is 2.31. The van der Waals surface area contributed by atoms with Crippen molar-refractivity contribution in [2.24, 2.45) is 0 Å². The summed E-state index contributed by atoms with van der Waals surface area (Å²) in [6.07, 6.45) is 0. The number of nitriles is 1. The fraction of sp³-hybridized carbons (Fsp3) is 0.211. The summed E-state index contributed by atoms with van der Waals surface area (Å²) in [5.74, 6) is -0.555. The predicted molar refractivity (Wildman–Crippen MR) is 90.5 cm³/mol. The van der Waals surface area contributed by atoms with E-state index >= 15 is 0 Å². The van der Waals surface area contributed by atoms with E-state index in [1.807, 2.05) is 6.07 Å². The average Bonchev–Trinajstić information content (AvgIpc) is 2.86. The van der Waals surface area contributed by atoms with Gasteiger partial charge in [0.1, 0.15) is 17.1 Å². The average molecular weight is 353 g/mol. The number of urea groups is 1. The Morgan fingerprint density at radius 3 is 2.54 bits per heavy atom. The fourth-order valence-electron chi connectivity index (χ4n) is 2.96. The third-order valence-electron chi connectivity index (χ3n) is 4.44. The molecule has 0 bridgehead atoms. The Hall–Kier alpha value is -3.40. The first-order valence-electron chi connectivity index (χ1n) is 7.86. The maximum Gasteiger partial charge on any atom is 0.325 e. The number of amides is 3. The molecule has 0 radical (unpaired) electrons. The number of ether oxygens (including phenoxy) is 1. The number of imide groups is 1. The van der Waals surface area contributed by atoms with Gasteiger partial charge in [-0.3, -0.25) is 9.69 Å². The van der Waals surface area contributed by atoms with Crippen LogP contribution in [0.2, 0.25) is 0 Å². The van der Waals surface area contributed by atoms with Crippen molar-refractivity contribution < 1.29 is 18.7 Å². The van der Waals surface area contributed by atoms with Crippen LogP contribution in [0.25, 0.3) is 0 Å². The summed E-state index contributed by atoms with van der Waals surface area (Å²) in [6, 6.07) is 11.8. The second-order valence-electron chi connectivity index (χ2n) is 6.09. The molecule has 0 unspecified atom stereocenters. The van der Waals surface area contributed by atoms with Gasteiger partial charge in [-0.05, 0) is 42.8 Å². The number of rotatable bonds is 4. The number of benzene rings is 2. The molecule has 1 atom stereocenters. The van der Waals surface area contributed by atoms with Crippen molar-refractivity contribution in [3.05, 3.63) is 65.0 Å². The van der Waals surface area contributed by atoms with Crippen molar-refractivity contribution in [3.63, 3.8) is 0 Å². The Morgan fingerprint density at radius 1 is 1.23 bits per heavy atom. The molecule has 1 heterocycles. The van der Waals surface area contributed by atoms with Crippen LogP contribution in [0.15, 0.2) is 42.5 Å². The van der Waals surface area contributed by atoms with Gasteiger partial charge in [0.25, 0.3) is 5.91 Å². The van der Waals surface area contributed by atoms with Crippen molar-refractivity contribution >= 4 is 11.9 Å². The standard InChI is InChI=1S/C19H16FN3O3/c1-19(14-5-3-12(10-21)4-6-14)17(24)23(18(25)22-19)11-13-9-15(20)7-8-16(13)26-2/h3-9H,11H2,1-2H3,(H,22,25)/t19-/m0/s1. The van der Waals surface area contributed by atoms with E-state index in [0.717, 1.165) is 4.90 Å². The number of hydrogen-bond donors (Lipinski definition) is 1. The number of carbonyl (C=O) groups is 2. The first kappa shape index (κ1) is 17.4. The Balaban J connectivity index is 1.91. The van der Waals surface area contributed by atoms with Gasteiger partial charge < -0.3 is 10.1 Å². The van der Waals surface area contributed by atoms with Gasteiger partial charge in [-0.2, -0.15) is 5.26 Å². The van der Waals surface area contributed by atoms with Crippen molar-refractivity contribution in [3.8, 4) is 11.8 Å². The van der Waals surface area contributed by atoms with Crippen LogP contribution in [-0.2, 0) is 16.9 Å². The van der Waals surface area contributed by atoms with E-state index in [-0.39, 0.29) is 6.54 Å². The van der Waals surface area contributed by atoms with E-state index in [0.29, 0.717) is 22.4 Å². The van der Waals surface area contributed by atoms with E-state index in [1.165, 1.54) is 25.3 Å². The minimum atomic E-state index is -1.26. The second-order valence-corrected chi connectivity index (χ2v) is 6.09. The molecule has 132 valence electrons. The lowest BCUT2D eigenvalue weighted by atomic mass is 9.91. The Labute approximate surface area is 149 Å². The molecule has 2 aromatic carbocycles. The molecule has 0 saturated carbocycles. The van der Waals surface area contributed by atoms with E-state index in [2.05, 4.69) is 5.32 Å². The van der Waals surface area contributed by atoms with Gasteiger partial charge in [0.05, 0.1) is 25.3 Å². The summed E-state index contributed by atoms with van der Waals surface area (Å²) < 4.78 is 18.7. The number of halogens is 1. The first-order valence-corrected chi connectivity index (χ1v) is 7.86. The number of methoxy groups -OCH3 is 1. The highest BCUT2D eigenvalue weighted by atomic mass is 19.1. The quantitative estimate of drug-likeness (QED) is 0.857. The van der Waals surface area contributed by atoms with Crippen molar-refractivity contribution in [2.45, 2.75) is 19.0 Å². The van der Waals surface area contributed by atoms with Crippen molar-refractivity contribution in [2.75, 3.05) is 7.11 Å². The van der Waals surface area contributed by atoms with Gasteiger partial charge in [0.2, 0.25) is 0 Å². The zero-order valence-electron chi connectivity index (χ0n) is 14.2. The summed E-state index contributed by atoms with van der Waals surface area (Å²) in [6.45, 7) is 1.48. The van der Waals surface area contributed by atoms with Gasteiger partial charge in [0, 0.05) is 5.56 Å². The van der Waals surface area contributed by atoms with Crippen LogP contribution in [0.1, 0.15) is 23.6 Å². The SMILES string of the molecule is COc1ccc(F)cc1CN1C(=O)N[C@@](C)(c2ccc(C#N)cc2)C1=O. The molecule has 1 N–H and O–H groups in total. The minimum absolute atomic E-state index is 0.114. The fourth-order valence-corrected chi connectivity index (χ4v) is 2.96. The van der Waals surface area contributed by atoms with Crippen LogP contribution in [0.4, 0.5) is 9.18 Å². The molecule has 1 fully saturated rings. The predicted octanol–water partition coefficient (Wildman–Crippen LogP) is 2.67. The summed E-state index contributed by atoms with van der Waals surface area (Å²) >= 11 is 0. The third kappa shape index (κ3) is 2.86. The van der Waals surface area contributed by atoms with E-state index in [9.17, 15) is 14.0 Å². The molecular weight excluding hydrogens is 337 g/mol. The summed E-state index contributed by atoms with van der Waals surface area (Å²) in [5, 5.41) is 11.6. The molecule has 1 saturated heterocycles. The molecule has 6 nitrogen and oxygen atoms in total. The highest BCUT2D eigenvalue weighted by Gasteiger charge is 2.49. The highest BCUT2D eigenvalue weighted by molar-refractivity contribution is 6.07. The summed E-state index contributed by atoms with van der Waals surface area (Å²) in [4.78, 5) is 26.3. The van der Waals surface area contributed by atoms with Crippen LogP contribution in [0, 0.1) is 17.1 Å². The van der Waals surface area contributed by atoms with Crippen LogP contribution in [0.5, 0.6) is 5.75 Å². The molecule has 7 heteroatoms. The maximum absolute atomic E-state index is 13.6. The first-order chi connectivity index (χ1) is 12.4. The van der Waals surface area contributed by atoms with Crippen LogP contribution >= 0.6 is 0 Å². The smallest absolute Gasteiger partial charge is 0.325 e. The van der Waals surface area contributed by atoms with Gasteiger partial charge in [-0.15, -0.1) is 0 Å². The molecule has 0 spiro atoms. The molecule has 1 aliphatic rings. The largest absolute Gasteiger partial charge is 0.496 e. The number of carbonyl (C=O) groups excluding carboxylic acids is 2.